The molecular formula is C12H12ClFN2O. The summed E-state index contributed by atoms with van der Waals surface area (Å²) in [6, 6.07) is 7.60. The maximum Gasteiger partial charge on any atom is 0.193 e. The number of rotatable bonds is 3. The SMILES string of the molecule is Cc1cc(F)cc(C(NN)c2ccc(Cl)o2)c1. The van der Waals surface area contributed by atoms with Gasteiger partial charge < -0.3 is 4.42 Å². The van der Waals surface area contributed by atoms with Crippen molar-refractivity contribution in [2.45, 2.75) is 13.0 Å². The molecule has 0 spiro atoms. The molecule has 0 aliphatic rings. The van der Waals surface area contributed by atoms with E-state index in [9.17, 15) is 4.39 Å². The van der Waals surface area contributed by atoms with E-state index in [1.807, 2.05) is 13.0 Å². The van der Waals surface area contributed by atoms with Crippen molar-refractivity contribution in [3.63, 3.8) is 0 Å². The van der Waals surface area contributed by atoms with E-state index in [1.54, 1.807) is 12.1 Å². The molecule has 1 unspecified atom stereocenters. The van der Waals surface area contributed by atoms with Crippen molar-refractivity contribution in [1.82, 2.24) is 5.43 Å². The van der Waals surface area contributed by atoms with Crippen molar-refractivity contribution in [3.05, 3.63) is 58.3 Å². The van der Waals surface area contributed by atoms with Crippen LogP contribution < -0.4 is 11.3 Å². The molecule has 17 heavy (non-hydrogen) atoms. The van der Waals surface area contributed by atoms with E-state index in [0.29, 0.717) is 11.3 Å². The number of nitrogens with two attached hydrogens (primary N) is 1. The summed E-state index contributed by atoms with van der Waals surface area (Å²) in [5.41, 5.74) is 4.09. The van der Waals surface area contributed by atoms with Crippen LogP contribution in [0.25, 0.3) is 0 Å². The smallest absolute Gasteiger partial charge is 0.193 e. The number of benzene rings is 1. The second kappa shape index (κ2) is 4.87. The third kappa shape index (κ3) is 2.66. The number of hydrogen-bond donors (Lipinski definition) is 2. The largest absolute Gasteiger partial charge is 0.448 e. The molecule has 0 radical (unpaired) electrons. The number of aryl methyl sites for hydroxylation is 1. The van der Waals surface area contributed by atoms with Gasteiger partial charge in [-0.15, -0.1) is 0 Å². The number of hydrogen-bond acceptors (Lipinski definition) is 3. The fourth-order valence-electron chi connectivity index (χ4n) is 1.76. The number of furan rings is 1. The zero-order chi connectivity index (χ0) is 12.4. The van der Waals surface area contributed by atoms with Crippen LogP contribution in [0.15, 0.2) is 34.7 Å². The zero-order valence-electron chi connectivity index (χ0n) is 9.21. The molecule has 2 rings (SSSR count). The quantitative estimate of drug-likeness (QED) is 0.654. The Morgan fingerprint density at radius 2 is 2.12 bits per heavy atom. The highest BCUT2D eigenvalue weighted by molar-refractivity contribution is 6.28. The first-order valence-electron chi connectivity index (χ1n) is 5.08. The van der Waals surface area contributed by atoms with E-state index in [2.05, 4.69) is 5.43 Å². The van der Waals surface area contributed by atoms with Gasteiger partial charge in [0, 0.05) is 0 Å². The summed E-state index contributed by atoms with van der Waals surface area (Å²) in [6.45, 7) is 1.81. The molecule has 3 N–H and O–H groups in total. The first kappa shape index (κ1) is 12.1. The van der Waals surface area contributed by atoms with E-state index < -0.39 is 6.04 Å². The van der Waals surface area contributed by atoms with Crippen molar-refractivity contribution in [3.8, 4) is 0 Å². The maximum absolute atomic E-state index is 13.3. The van der Waals surface area contributed by atoms with Gasteiger partial charge in [-0.2, -0.15) is 0 Å². The third-order valence-electron chi connectivity index (χ3n) is 2.44. The molecule has 90 valence electrons. The lowest BCUT2D eigenvalue weighted by molar-refractivity contribution is 0.452. The van der Waals surface area contributed by atoms with Crippen molar-refractivity contribution in [2.75, 3.05) is 0 Å². The summed E-state index contributed by atoms with van der Waals surface area (Å²) in [6.07, 6.45) is 0. The van der Waals surface area contributed by atoms with Gasteiger partial charge in [0.25, 0.3) is 0 Å². The van der Waals surface area contributed by atoms with Gasteiger partial charge in [-0.05, 0) is 53.9 Å². The van der Waals surface area contributed by atoms with Crippen LogP contribution in [-0.4, -0.2) is 0 Å². The van der Waals surface area contributed by atoms with Crippen LogP contribution in [0, 0.1) is 12.7 Å². The van der Waals surface area contributed by atoms with E-state index in [1.165, 1.54) is 12.1 Å². The van der Waals surface area contributed by atoms with Crippen LogP contribution in [0.3, 0.4) is 0 Å². The summed E-state index contributed by atoms with van der Waals surface area (Å²) in [7, 11) is 0. The second-order valence-electron chi connectivity index (χ2n) is 3.80. The number of nitrogens with one attached hydrogen (secondary N) is 1. The van der Waals surface area contributed by atoms with Crippen molar-refractivity contribution in [1.29, 1.82) is 0 Å². The molecule has 0 aliphatic carbocycles. The Balaban J connectivity index is 2.41. The molecule has 0 aliphatic heterocycles. The molecule has 5 heteroatoms. The van der Waals surface area contributed by atoms with Gasteiger partial charge in [-0.1, -0.05) is 6.07 Å². The van der Waals surface area contributed by atoms with Gasteiger partial charge in [0.15, 0.2) is 5.22 Å². The Bertz CT molecular complexity index is 507. The maximum atomic E-state index is 13.3. The zero-order valence-corrected chi connectivity index (χ0v) is 9.96. The average Bonchev–Trinajstić information content (AvgIpc) is 2.64. The van der Waals surface area contributed by atoms with Crippen LogP contribution in [0.1, 0.15) is 22.9 Å². The Hall–Kier alpha value is -1.36. The van der Waals surface area contributed by atoms with E-state index >= 15 is 0 Å². The van der Waals surface area contributed by atoms with Gasteiger partial charge >= 0.3 is 0 Å². The number of halogens is 2. The van der Waals surface area contributed by atoms with Crippen molar-refractivity contribution in [2.24, 2.45) is 5.84 Å². The van der Waals surface area contributed by atoms with E-state index in [0.717, 1.165) is 5.56 Å². The van der Waals surface area contributed by atoms with Crippen LogP contribution in [0.5, 0.6) is 0 Å². The molecule has 1 atom stereocenters. The lowest BCUT2D eigenvalue weighted by Gasteiger charge is -2.14. The fraction of sp³-hybridized carbons (Fsp3) is 0.167. The molecule has 0 amide bonds. The standard InChI is InChI=1S/C12H12ClFN2O/c1-7-4-8(6-9(14)5-7)12(16-15)10-2-3-11(13)17-10/h2-6,12,16H,15H2,1H3. The van der Waals surface area contributed by atoms with Gasteiger partial charge in [-0.25, -0.2) is 9.82 Å². The molecule has 0 fully saturated rings. The first-order chi connectivity index (χ1) is 8.10. The average molecular weight is 255 g/mol. The molecule has 0 bridgehead atoms. The molecule has 0 saturated heterocycles. The molecule has 1 heterocycles. The highest BCUT2D eigenvalue weighted by atomic mass is 35.5. The Labute approximate surface area is 103 Å². The minimum Gasteiger partial charge on any atom is -0.448 e. The predicted molar refractivity (Wildman–Crippen MR) is 64.0 cm³/mol. The van der Waals surface area contributed by atoms with Crippen molar-refractivity contribution >= 4 is 11.6 Å². The highest BCUT2D eigenvalue weighted by Gasteiger charge is 2.17. The summed E-state index contributed by atoms with van der Waals surface area (Å²) >= 11 is 5.70. The normalized spacial score (nSPS) is 12.7. The van der Waals surface area contributed by atoms with Crippen molar-refractivity contribution < 1.29 is 8.81 Å². The van der Waals surface area contributed by atoms with Gasteiger partial charge in [-0.3, -0.25) is 5.84 Å². The monoisotopic (exact) mass is 254 g/mol. The third-order valence-corrected chi connectivity index (χ3v) is 2.65. The van der Waals surface area contributed by atoms with Crippen LogP contribution in [0.4, 0.5) is 4.39 Å². The predicted octanol–water partition coefficient (Wildman–Crippen LogP) is 2.93. The van der Waals surface area contributed by atoms with E-state index in [-0.39, 0.29) is 11.0 Å². The summed E-state index contributed by atoms with van der Waals surface area (Å²) in [4.78, 5) is 0. The second-order valence-corrected chi connectivity index (χ2v) is 4.18. The van der Waals surface area contributed by atoms with Crippen LogP contribution in [-0.2, 0) is 0 Å². The Morgan fingerprint density at radius 3 is 2.65 bits per heavy atom. The first-order valence-corrected chi connectivity index (χ1v) is 5.46. The molecule has 1 aromatic heterocycles. The fourth-order valence-corrected chi connectivity index (χ4v) is 1.91. The minimum absolute atomic E-state index is 0.272. The van der Waals surface area contributed by atoms with Crippen LogP contribution >= 0.6 is 11.6 Å². The summed E-state index contributed by atoms with van der Waals surface area (Å²) in [5.74, 6) is 5.71. The molecule has 3 nitrogen and oxygen atoms in total. The Kier molecular flexibility index (Phi) is 3.47. The molecule has 2 aromatic rings. The molecular weight excluding hydrogens is 243 g/mol. The molecule has 0 saturated carbocycles. The summed E-state index contributed by atoms with van der Waals surface area (Å²) < 4.78 is 18.6. The molecule has 1 aromatic carbocycles. The topological polar surface area (TPSA) is 51.2 Å². The minimum atomic E-state index is -0.420. The van der Waals surface area contributed by atoms with Gasteiger partial charge in [0.1, 0.15) is 17.6 Å². The Morgan fingerprint density at radius 1 is 1.35 bits per heavy atom. The lowest BCUT2D eigenvalue weighted by atomic mass is 10.0. The van der Waals surface area contributed by atoms with Gasteiger partial charge in [0.2, 0.25) is 0 Å². The number of hydrazine groups is 1. The van der Waals surface area contributed by atoms with Gasteiger partial charge in [0.05, 0.1) is 0 Å². The van der Waals surface area contributed by atoms with E-state index in [4.69, 9.17) is 21.9 Å². The lowest BCUT2D eigenvalue weighted by Crippen LogP contribution is -2.28. The highest BCUT2D eigenvalue weighted by Crippen LogP contribution is 2.26. The summed E-state index contributed by atoms with van der Waals surface area (Å²) in [5, 5.41) is 0.272. The van der Waals surface area contributed by atoms with Crippen LogP contribution in [0.2, 0.25) is 5.22 Å².